The van der Waals surface area contributed by atoms with Crippen LogP contribution in [0, 0.1) is 5.41 Å². The minimum atomic E-state index is -1.28. The topological polar surface area (TPSA) is 157 Å². The highest BCUT2D eigenvalue weighted by Gasteiger charge is 2.39. The summed E-state index contributed by atoms with van der Waals surface area (Å²) in [5, 5.41) is 23.1. The number of carbonyl (C=O) groups excluding carboxylic acids is 2. The standard InChI is InChI=1S/C36H37ClN2O10/c1-6-47-28-17-22(14-20-15-29(35(43)44)49-31(20)28)38-30(41)13-12-27-34(42)39(18-36(2,3)19-40)25-11-10-21(37)16-24(25)32(48-27)23-8-7-9-26(45-4)33(23)46-5/h7-17,27,32,40H,6,18-19H2,1-5H3,(H,38,41)(H,43,44)/b13-12+/t27?,32-/m1/s1. The Morgan fingerprint density at radius 1 is 1.06 bits per heavy atom. The predicted molar refractivity (Wildman–Crippen MR) is 183 cm³/mol. The molecule has 1 aromatic heterocycles. The Balaban J connectivity index is 1.55. The number of rotatable bonds is 12. The number of carbonyl (C=O) groups is 3. The molecule has 2 atom stereocenters. The molecule has 258 valence electrons. The molecule has 0 radical (unpaired) electrons. The molecule has 3 aromatic carbocycles. The van der Waals surface area contributed by atoms with E-state index in [-0.39, 0.29) is 36.9 Å². The molecule has 0 saturated carbocycles. The van der Waals surface area contributed by atoms with Gasteiger partial charge < -0.3 is 43.8 Å². The number of fused-ring (bicyclic) bond motifs is 2. The summed E-state index contributed by atoms with van der Waals surface area (Å²) in [4.78, 5) is 40.6. The Labute approximate surface area is 287 Å². The number of amides is 2. The van der Waals surface area contributed by atoms with E-state index < -0.39 is 35.4 Å². The smallest absolute Gasteiger partial charge is 0.371 e. The minimum Gasteiger partial charge on any atom is -0.493 e. The molecule has 12 nitrogen and oxygen atoms in total. The van der Waals surface area contributed by atoms with Gasteiger partial charge >= 0.3 is 5.97 Å². The molecule has 5 rings (SSSR count). The maximum absolute atomic E-state index is 14.3. The van der Waals surface area contributed by atoms with Crippen molar-refractivity contribution in [3.05, 3.63) is 88.7 Å². The van der Waals surface area contributed by atoms with Gasteiger partial charge in [-0.25, -0.2) is 4.79 Å². The zero-order chi connectivity index (χ0) is 35.5. The first-order valence-corrected chi connectivity index (χ1v) is 15.8. The number of nitrogens with one attached hydrogen (secondary N) is 1. The molecule has 3 N–H and O–H groups in total. The van der Waals surface area contributed by atoms with E-state index in [1.165, 1.54) is 43.4 Å². The molecule has 0 fully saturated rings. The molecule has 0 bridgehead atoms. The fourth-order valence-corrected chi connectivity index (χ4v) is 5.76. The van der Waals surface area contributed by atoms with Gasteiger partial charge in [0, 0.05) is 63.6 Å². The molecular formula is C36H37ClN2O10. The highest BCUT2D eigenvalue weighted by molar-refractivity contribution is 6.30. The lowest BCUT2D eigenvalue weighted by molar-refractivity contribution is -0.129. The number of furan rings is 1. The number of ether oxygens (including phenoxy) is 4. The fourth-order valence-electron chi connectivity index (χ4n) is 5.58. The number of carboxylic acid groups (broad SMARTS) is 1. The second-order valence-corrected chi connectivity index (χ2v) is 12.5. The molecule has 1 aliphatic heterocycles. The summed E-state index contributed by atoms with van der Waals surface area (Å²) < 4.78 is 28.9. The summed E-state index contributed by atoms with van der Waals surface area (Å²) in [6, 6.07) is 14.8. The maximum atomic E-state index is 14.3. The molecule has 0 saturated heterocycles. The molecule has 2 heterocycles. The van der Waals surface area contributed by atoms with Crippen molar-refractivity contribution in [2.24, 2.45) is 5.41 Å². The Kier molecular flexibility index (Phi) is 10.5. The normalized spacial score (nSPS) is 16.4. The average molecular weight is 693 g/mol. The zero-order valence-electron chi connectivity index (χ0n) is 27.6. The maximum Gasteiger partial charge on any atom is 0.371 e. The monoisotopic (exact) mass is 692 g/mol. The van der Waals surface area contributed by atoms with Crippen LogP contribution in [-0.2, 0) is 14.3 Å². The van der Waals surface area contributed by atoms with Crippen molar-refractivity contribution in [3.63, 3.8) is 0 Å². The van der Waals surface area contributed by atoms with Gasteiger partial charge in [-0.1, -0.05) is 37.6 Å². The van der Waals surface area contributed by atoms with Crippen LogP contribution in [0.3, 0.4) is 0 Å². The first kappa shape index (κ1) is 35.3. The van der Waals surface area contributed by atoms with Crippen LogP contribution in [0.2, 0.25) is 5.02 Å². The van der Waals surface area contributed by atoms with E-state index in [9.17, 15) is 24.6 Å². The molecule has 1 aliphatic rings. The lowest BCUT2D eigenvalue weighted by atomic mass is 9.92. The predicted octanol–water partition coefficient (Wildman–Crippen LogP) is 6.23. The van der Waals surface area contributed by atoms with Crippen molar-refractivity contribution < 1.29 is 48.0 Å². The summed E-state index contributed by atoms with van der Waals surface area (Å²) >= 11 is 6.49. The summed E-state index contributed by atoms with van der Waals surface area (Å²) in [7, 11) is 3.01. The number of nitrogens with zero attached hydrogens (tertiary/aromatic N) is 1. The Morgan fingerprint density at radius 3 is 2.51 bits per heavy atom. The molecular weight excluding hydrogens is 656 g/mol. The van der Waals surface area contributed by atoms with E-state index in [0.29, 0.717) is 44.4 Å². The van der Waals surface area contributed by atoms with Crippen LogP contribution in [0.5, 0.6) is 17.2 Å². The van der Waals surface area contributed by atoms with Crippen molar-refractivity contribution in [1.29, 1.82) is 0 Å². The zero-order valence-corrected chi connectivity index (χ0v) is 28.4. The van der Waals surface area contributed by atoms with Crippen molar-refractivity contribution in [2.75, 3.05) is 44.2 Å². The van der Waals surface area contributed by atoms with Gasteiger partial charge in [0.05, 0.1) is 20.8 Å². The fraction of sp³-hybridized carbons (Fsp3) is 0.306. The van der Waals surface area contributed by atoms with Crippen molar-refractivity contribution in [2.45, 2.75) is 33.0 Å². The number of hydrogen-bond acceptors (Lipinski definition) is 9. The van der Waals surface area contributed by atoms with Crippen LogP contribution in [0.15, 0.2) is 71.2 Å². The summed E-state index contributed by atoms with van der Waals surface area (Å²) in [5.74, 6) is -1.50. The van der Waals surface area contributed by atoms with Gasteiger partial charge in [0.1, 0.15) is 6.10 Å². The van der Waals surface area contributed by atoms with Crippen LogP contribution >= 0.6 is 11.6 Å². The number of para-hydroxylation sites is 1. The highest BCUT2D eigenvalue weighted by atomic mass is 35.5. The summed E-state index contributed by atoms with van der Waals surface area (Å²) in [6.07, 6.45) is 0.360. The number of carboxylic acids is 1. The first-order chi connectivity index (χ1) is 23.4. The van der Waals surface area contributed by atoms with E-state index >= 15 is 0 Å². The third kappa shape index (κ3) is 7.51. The molecule has 1 unspecified atom stereocenters. The summed E-state index contributed by atoms with van der Waals surface area (Å²) in [5.41, 5.74) is 1.49. The Bertz CT molecular complexity index is 1920. The van der Waals surface area contributed by atoms with Gasteiger partial charge in [-0.15, -0.1) is 0 Å². The van der Waals surface area contributed by atoms with Crippen molar-refractivity contribution in [1.82, 2.24) is 0 Å². The Hall–Kier alpha value is -5.04. The molecule has 2 amide bonds. The van der Waals surface area contributed by atoms with Gasteiger partial charge in [0.25, 0.3) is 5.91 Å². The van der Waals surface area contributed by atoms with Crippen LogP contribution in [-0.4, -0.2) is 68.1 Å². The van der Waals surface area contributed by atoms with Crippen LogP contribution in [0.4, 0.5) is 11.4 Å². The third-order valence-corrected chi connectivity index (χ3v) is 8.10. The van der Waals surface area contributed by atoms with Gasteiger partial charge in [-0.2, -0.15) is 0 Å². The van der Waals surface area contributed by atoms with Crippen molar-refractivity contribution in [3.8, 4) is 17.2 Å². The van der Waals surface area contributed by atoms with E-state index in [1.54, 1.807) is 49.4 Å². The minimum absolute atomic E-state index is 0.127. The molecule has 49 heavy (non-hydrogen) atoms. The number of methoxy groups -OCH3 is 2. The number of benzene rings is 3. The second-order valence-electron chi connectivity index (χ2n) is 12.1. The average Bonchev–Trinajstić information content (AvgIpc) is 3.48. The molecule has 0 spiro atoms. The molecule has 13 heteroatoms. The largest absolute Gasteiger partial charge is 0.493 e. The second kappa shape index (κ2) is 14.6. The lowest BCUT2D eigenvalue weighted by Crippen LogP contribution is -2.44. The van der Waals surface area contributed by atoms with Gasteiger partial charge in [0.2, 0.25) is 11.7 Å². The molecule has 0 aliphatic carbocycles. The van der Waals surface area contributed by atoms with E-state index in [0.717, 1.165) is 0 Å². The summed E-state index contributed by atoms with van der Waals surface area (Å²) in [6.45, 7) is 5.62. The van der Waals surface area contributed by atoms with E-state index in [2.05, 4.69) is 5.32 Å². The molecule has 4 aromatic rings. The quantitative estimate of drug-likeness (QED) is 0.145. The Morgan fingerprint density at radius 2 is 1.84 bits per heavy atom. The van der Waals surface area contributed by atoms with E-state index in [1.807, 2.05) is 13.8 Å². The number of hydrogen-bond donors (Lipinski definition) is 3. The van der Waals surface area contributed by atoms with Crippen LogP contribution in [0.25, 0.3) is 11.0 Å². The first-order valence-electron chi connectivity index (χ1n) is 15.4. The van der Waals surface area contributed by atoms with Crippen molar-refractivity contribution >= 4 is 51.7 Å². The van der Waals surface area contributed by atoms with E-state index in [4.69, 9.17) is 35.0 Å². The third-order valence-electron chi connectivity index (χ3n) is 7.87. The SMILES string of the molecule is CCOc1cc(NC(=O)/C=C/C2O[C@H](c3cccc(OC)c3OC)c3cc(Cl)ccc3N(CC(C)(C)CO)C2=O)cc2cc(C(=O)O)oc12. The number of aliphatic hydroxyl groups excluding tert-OH is 1. The number of halogens is 1. The lowest BCUT2D eigenvalue weighted by Gasteiger charge is -2.32. The number of aliphatic hydroxyl groups is 1. The highest BCUT2D eigenvalue weighted by Crippen LogP contribution is 2.45. The number of anilines is 2. The van der Waals surface area contributed by atoms with Gasteiger partial charge in [-0.05, 0) is 49.4 Å². The van der Waals surface area contributed by atoms with Gasteiger partial charge in [0.15, 0.2) is 28.9 Å². The van der Waals surface area contributed by atoms with Crippen LogP contribution in [0.1, 0.15) is 48.6 Å². The van der Waals surface area contributed by atoms with Gasteiger partial charge in [-0.3, -0.25) is 9.59 Å². The number of aromatic carboxylic acids is 1. The van der Waals surface area contributed by atoms with Crippen LogP contribution < -0.4 is 24.4 Å².